The van der Waals surface area contributed by atoms with E-state index < -0.39 is 0 Å². The molecule has 0 atom stereocenters. The van der Waals surface area contributed by atoms with Crippen LogP contribution in [-0.2, 0) is 19.4 Å². The summed E-state index contributed by atoms with van der Waals surface area (Å²) in [6.45, 7) is 2.63. The van der Waals surface area contributed by atoms with Crippen molar-refractivity contribution >= 4 is 5.69 Å². The molecule has 2 N–H and O–H groups in total. The van der Waals surface area contributed by atoms with E-state index in [9.17, 15) is 0 Å². The Labute approximate surface area is 114 Å². The maximum atomic E-state index is 5.92. The van der Waals surface area contributed by atoms with Crippen molar-refractivity contribution in [3.8, 4) is 5.75 Å². The third-order valence-corrected chi connectivity index (χ3v) is 3.73. The minimum absolute atomic E-state index is 0.584. The molecule has 19 heavy (non-hydrogen) atoms. The van der Waals surface area contributed by atoms with Crippen LogP contribution in [0.5, 0.6) is 5.75 Å². The third kappa shape index (κ3) is 2.58. The molecule has 0 amide bonds. The Hall–Kier alpha value is -1.96. The standard InChI is InChI=1S/C17H19NO/c1-12-5-8-16(18)17(9-12)19-11-13-6-7-14-3-2-4-15(14)10-13/h5-10H,2-4,11,18H2,1H3. The van der Waals surface area contributed by atoms with Gasteiger partial charge in [0.1, 0.15) is 12.4 Å². The zero-order valence-corrected chi connectivity index (χ0v) is 11.3. The number of rotatable bonds is 3. The molecular weight excluding hydrogens is 234 g/mol. The fourth-order valence-corrected chi connectivity index (χ4v) is 2.64. The molecule has 0 aromatic heterocycles. The second kappa shape index (κ2) is 4.96. The summed E-state index contributed by atoms with van der Waals surface area (Å²) in [5.41, 5.74) is 12.0. The van der Waals surface area contributed by atoms with E-state index in [-0.39, 0.29) is 0 Å². The Morgan fingerprint density at radius 2 is 1.89 bits per heavy atom. The fraction of sp³-hybridized carbons (Fsp3) is 0.294. The quantitative estimate of drug-likeness (QED) is 0.847. The van der Waals surface area contributed by atoms with Gasteiger partial charge in [0, 0.05) is 0 Å². The van der Waals surface area contributed by atoms with Gasteiger partial charge in [0.25, 0.3) is 0 Å². The summed E-state index contributed by atoms with van der Waals surface area (Å²) in [5.74, 6) is 0.778. The summed E-state index contributed by atoms with van der Waals surface area (Å²) in [7, 11) is 0. The molecule has 0 saturated heterocycles. The molecular formula is C17H19NO. The van der Waals surface area contributed by atoms with Gasteiger partial charge in [-0.05, 0) is 60.6 Å². The zero-order valence-electron chi connectivity index (χ0n) is 11.3. The van der Waals surface area contributed by atoms with E-state index in [0.29, 0.717) is 12.3 Å². The van der Waals surface area contributed by atoms with Gasteiger partial charge in [-0.2, -0.15) is 0 Å². The topological polar surface area (TPSA) is 35.2 Å². The van der Waals surface area contributed by atoms with E-state index in [1.54, 1.807) is 0 Å². The van der Waals surface area contributed by atoms with Crippen LogP contribution in [0.15, 0.2) is 36.4 Å². The average molecular weight is 253 g/mol. The van der Waals surface area contributed by atoms with Crippen LogP contribution in [0.3, 0.4) is 0 Å². The van der Waals surface area contributed by atoms with E-state index in [1.807, 2.05) is 25.1 Å². The molecule has 3 rings (SSSR count). The number of hydrogen-bond donors (Lipinski definition) is 1. The van der Waals surface area contributed by atoms with Crippen molar-refractivity contribution in [3.05, 3.63) is 58.7 Å². The molecule has 0 aliphatic heterocycles. The van der Waals surface area contributed by atoms with Gasteiger partial charge >= 0.3 is 0 Å². The molecule has 2 heteroatoms. The van der Waals surface area contributed by atoms with E-state index >= 15 is 0 Å². The summed E-state index contributed by atoms with van der Waals surface area (Å²) in [6.07, 6.45) is 3.71. The largest absolute Gasteiger partial charge is 0.487 e. The van der Waals surface area contributed by atoms with Crippen LogP contribution in [0.1, 0.15) is 28.7 Å². The summed E-state index contributed by atoms with van der Waals surface area (Å²) in [5, 5.41) is 0. The number of anilines is 1. The van der Waals surface area contributed by atoms with Crippen molar-refractivity contribution in [2.75, 3.05) is 5.73 Å². The van der Waals surface area contributed by atoms with Gasteiger partial charge < -0.3 is 10.5 Å². The minimum atomic E-state index is 0.584. The molecule has 0 bridgehead atoms. The molecule has 2 nitrogen and oxygen atoms in total. The summed E-state index contributed by atoms with van der Waals surface area (Å²) < 4.78 is 5.84. The first-order valence-electron chi connectivity index (χ1n) is 6.82. The smallest absolute Gasteiger partial charge is 0.142 e. The lowest BCUT2D eigenvalue weighted by molar-refractivity contribution is 0.307. The molecule has 0 saturated carbocycles. The number of nitrogens with two attached hydrogens (primary N) is 1. The SMILES string of the molecule is Cc1ccc(N)c(OCc2ccc3c(c2)CCC3)c1. The Morgan fingerprint density at radius 1 is 1.05 bits per heavy atom. The number of aryl methyl sites for hydroxylation is 3. The summed E-state index contributed by atoms with van der Waals surface area (Å²) >= 11 is 0. The lowest BCUT2D eigenvalue weighted by atomic mass is 10.1. The highest BCUT2D eigenvalue weighted by Gasteiger charge is 2.11. The number of hydrogen-bond acceptors (Lipinski definition) is 2. The van der Waals surface area contributed by atoms with Gasteiger partial charge in [-0.3, -0.25) is 0 Å². The van der Waals surface area contributed by atoms with Crippen molar-refractivity contribution in [1.29, 1.82) is 0 Å². The molecule has 0 fully saturated rings. The Kier molecular flexibility index (Phi) is 3.16. The molecule has 0 heterocycles. The van der Waals surface area contributed by atoms with Crippen LogP contribution in [-0.4, -0.2) is 0 Å². The Morgan fingerprint density at radius 3 is 2.79 bits per heavy atom. The Bertz CT molecular complexity index is 604. The first kappa shape index (κ1) is 12.1. The van der Waals surface area contributed by atoms with Crippen LogP contribution in [0.2, 0.25) is 0 Å². The maximum Gasteiger partial charge on any atom is 0.142 e. The van der Waals surface area contributed by atoms with Gasteiger partial charge in [-0.1, -0.05) is 24.3 Å². The number of ether oxygens (including phenoxy) is 1. The minimum Gasteiger partial charge on any atom is -0.487 e. The monoisotopic (exact) mass is 253 g/mol. The third-order valence-electron chi connectivity index (χ3n) is 3.73. The molecule has 2 aromatic carbocycles. The van der Waals surface area contributed by atoms with Crippen LogP contribution in [0.4, 0.5) is 5.69 Å². The molecule has 98 valence electrons. The number of fused-ring (bicyclic) bond motifs is 1. The van der Waals surface area contributed by atoms with Crippen LogP contribution < -0.4 is 10.5 Å². The molecule has 0 unspecified atom stereocenters. The summed E-state index contributed by atoms with van der Waals surface area (Å²) in [6, 6.07) is 12.6. The number of benzene rings is 2. The molecule has 1 aliphatic rings. The first-order valence-corrected chi connectivity index (χ1v) is 6.82. The van der Waals surface area contributed by atoms with Crippen molar-refractivity contribution in [2.24, 2.45) is 0 Å². The van der Waals surface area contributed by atoms with Crippen molar-refractivity contribution in [2.45, 2.75) is 32.8 Å². The normalized spacial score (nSPS) is 13.3. The Balaban J connectivity index is 1.74. The molecule has 0 radical (unpaired) electrons. The average Bonchev–Trinajstić information content (AvgIpc) is 2.87. The van der Waals surface area contributed by atoms with E-state index in [0.717, 1.165) is 11.3 Å². The predicted molar refractivity (Wildman–Crippen MR) is 78.4 cm³/mol. The van der Waals surface area contributed by atoms with Gasteiger partial charge in [0.05, 0.1) is 5.69 Å². The van der Waals surface area contributed by atoms with E-state index in [1.165, 1.54) is 36.0 Å². The van der Waals surface area contributed by atoms with Crippen LogP contribution >= 0.6 is 0 Å². The van der Waals surface area contributed by atoms with E-state index in [2.05, 4.69) is 18.2 Å². The van der Waals surface area contributed by atoms with Gasteiger partial charge in [0.15, 0.2) is 0 Å². The highest BCUT2D eigenvalue weighted by molar-refractivity contribution is 5.53. The predicted octanol–water partition coefficient (Wildman–Crippen LogP) is 3.64. The van der Waals surface area contributed by atoms with Gasteiger partial charge in [0.2, 0.25) is 0 Å². The number of nitrogen functional groups attached to an aromatic ring is 1. The summed E-state index contributed by atoms with van der Waals surface area (Å²) in [4.78, 5) is 0. The van der Waals surface area contributed by atoms with Crippen LogP contribution in [0, 0.1) is 6.92 Å². The van der Waals surface area contributed by atoms with Crippen LogP contribution in [0.25, 0.3) is 0 Å². The highest BCUT2D eigenvalue weighted by atomic mass is 16.5. The molecule has 1 aliphatic carbocycles. The lowest BCUT2D eigenvalue weighted by Crippen LogP contribution is -2.00. The lowest BCUT2D eigenvalue weighted by Gasteiger charge is -2.10. The van der Waals surface area contributed by atoms with Gasteiger partial charge in [-0.25, -0.2) is 0 Å². The maximum absolute atomic E-state index is 5.92. The molecule has 2 aromatic rings. The zero-order chi connectivity index (χ0) is 13.2. The van der Waals surface area contributed by atoms with Crippen molar-refractivity contribution < 1.29 is 4.74 Å². The second-order valence-corrected chi connectivity index (χ2v) is 5.29. The van der Waals surface area contributed by atoms with Gasteiger partial charge in [-0.15, -0.1) is 0 Å². The van der Waals surface area contributed by atoms with Crippen molar-refractivity contribution in [3.63, 3.8) is 0 Å². The molecule has 0 spiro atoms. The highest BCUT2D eigenvalue weighted by Crippen LogP contribution is 2.26. The first-order chi connectivity index (χ1) is 9.22. The van der Waals surface area contributed by atoms with E-state index in [4.69, 9.17) is 10.5 Å². The fourth-order valence-electron chi connectivity index (χ4n) is 2.64. The van der Waals surface area contributed by atoms with Crippen molar-refractivity contribution in [1.82, 2.24) is 0 Å². The second-order valence-electron chi connectivity index (χ2n) is 5.29.